The summed E-state index contributed by atoms with van der Waals surface area (Å²) < 4.78 is 13.7. The first-order chi connectivity index (χ1) is 11.5. The standard InChI is InChI=1S/C16H17Cl3N2O3/c17-11-5-14(18)13(15(19)6-11)1-2-16(9-21-4-3-20-10-21)23-8-12(7-22)24-16/h3-6,10,12,22H,1-2,7-9H2. The second kappa shape index (κ2) is 7.60. The van der Waals surface area contributed by atoms with Crippen molar-refractivity contribution in [1.82, 2.24) is 9.55 Å². The van der Waals surface area contributed by atoms with Crippen LogP contribution in [0.15, 0.2) is 30.9 Å². The molecule has 0 aliphatic carbocycles. The molecule has 1 aliphatic rings. The molecule has 0 spiro atoms. The molecular formula is C16H17Cl3N2O3. The van der Waals surface area contributed by atoms with Crippen LogP contribution < -0.4 is 0 Å². The summed E-state index contributed by atoms with van der Waals surface area (Å²) in [5.74, 6) is -0.861. The van der Waals surface area contributed by atoms with Crippen molar-refractivity contribution < 1.29 is 14.6 Å². The molecule has 1 N–H and O–H groups in total. The van der Waals surface area contributed by atoms with E-state index in [1.165, 1.54) is 0 Å². The van der Waals surface area contributed by atoms with Crippen molar-refractivity contribution in [2.45, 2.75) is 31.3 Å². The number of ether oxygens (including phenoxy) is 2. The van der Waals surface area contributed by atoms with Gasteiger partial charge in [0, 0.05) is 33.9 Å². The molecule has 0 bridgehead atoms. The molecule has 5 nitrogen and oxygen atoms in total. The van der Waals surface area contributed by atoms with E-state index in [4.69, 9.17) is 44.3 Å². The van der Waals surface area contributed by atoms with Crippen molar-refractivity contribution in [2.24, 2.45) is 0 Å². The Morgan fingerprint density at radius 1 is 1.29 bits per heavy atom. The number of benzene rings is 1. The lowest BCUT2D eigenvalue weighted by atomic mass is 10.0. The maximum absolute atomic E-state index is 9.35. The van der Waals surface area contributed by atoms with Gasteiger partial charge in [-0.2, -0.15) is 0 Å². The third-order valence-corrected chi connectivity index (χ3v) is 4.85. The molecule has 0 radical (unpaired) electrons. The summed E-state index contributed by atoms with van der Waals surface area (Å²) in [5.41, 5.74) is 0.799. The quantitative estimate of drug-likeness (QED) is 0.818. The van der Waals surface area contributed by atoms with Crippen LogP contribution in [0.4, 0.5) is 0 Å². The van der Waals surface area contributed by atoms with E-state index in [9.17, 15) is 5.11 Å². The van der Waals surface area contributed by atoms with E-state index in [0.717, 1.165) is 5.56 Å². The topological polar surface area (TPSA) is 56.5 Å². The van der Waals surface area contributed by atoms with Crippen LogP contribution in [0.1, 0.15) is 12.0 Å². The predicted octanol–water partition coefficient (Wildman–Crippen LogP) is 3.58. The second-order valence-corrected chi connectivity index (χ2v) is 6.98. The molecule has 2 aromatic rings. The minimum atomic E-state index is -0.861. The van der Waals surface area contributed by atoms with Crippen LogP contribution in [0.5, 0.6) is 0 Å². The van der Waals surface area contributed by atoms with Gasteiger partial charge >= 0.3 is 0 Å². The molecule has 3 rings (SSSR count). The van der Waals surface area contributed by atoms with Crippen LogP contribution in [0.2, 0.25) is 15.1 Å². The van der Waals surface area contributed by atoms with Crippen molar-refractivity contribution in [2.75, 3.05) is 13.2 Å². The smallest absolute Gasteiger partial charge is 0.187 e. The van der Waals surface area contributed by atoms with Crippen molar-refractivity contribution >= 4 is 34.8 Å². The number of halogens is 3. The minimum Gasteiger partial charge on any atom is -0.394 e. The maximum atomic E-state index is 9.35. The lowest BCUT2D eigenvalue weighted by Crippen LogP contribution is -2.37. The SMILES string of the molecule is OCC1COC(CCc2c(Cl)cc(Cl)cc2Cl)(Cn2ccnc2)O1. The van der Waals surface area contributed by atoms with Gasteiger partial charge in [0.2, 0.25) is 0 Å². The number of aromatic nitrogens is 2. The van der Waals surface area contributed by atoms with Gasteiger partial charge in [0.25, 0.3) is 0 Å². The molecule has 1 aliphatic heterocycles. The van der Waals surface area contributed by atoms with Crippen molar-refractivity contribution in [3.63, 3.8) is 0 Å². The van der Waals surface area contributed by atoms with Crippen LogP contribution in [0.25, 0.3) is 0 Å². The largest absolute Gasteiger partial charge is 0.394 e. The molecule has 1 aromatic carbocycles. The summed E-state index contributed by atoms with van der Waals surface area (Å²) in [5, 5.41) is 10.9. The van der Waals surface area contributed by atoms with E-state index in [2.05, 4.69) is 4.98 Å². The predicted molar refractivity (Wildman–Crippen MR) is 92.7 cm³/mol. The van der Waals surface area contributed by atoms with Gasteiger partial charge in [-0.1, -0.05) is 34.8 Å². The number of hydrogen-bond acceptors (Lipinski definition) is 4. The first-order valence-corrected chi connectivity index (χ1v) is 8.66. The molecule has 0 amide bonds. The van der Waals surface area contributed by atoms with Gasteiger partial charge in [-0.15, -0.1) is 0 Å². The fraction of sp³-hybridized carbons (Fsp3) is 0.438. The number of aliphatic hydroxyl groups excluding tert-OH is 1. The summed E-state index contributed by atoms with van der Waals surface area (Å²) in [6.07, 6.45) is 5.97. The number of hydrogen-bond donors (Lipinski definition) is 1. The number of imidazole rings is 1. The molecule has 24 heavy (non-hydrogen) atoms. The average Bonchev–Trinajstić information content (AvgIpc) is 3.17. The number of rotatable bonds is 6. The van der Waals surface area contributed by atoms with Gasteiger partial charge in [-0.25, -0.2) is 4.98 Å². The molecule has 2 heterocycles. The summed E-state index contributed by atoms with van der Waals surface area (Å²) in [7, 11) is 0. The summed E-state index contributed by atoms with van der Waals surface area (Å²) in [4.78, 5) is 4.04. The molecule has 2 atom stereocenters. The van der Waals surface area contributed by atoms with Crippen LogP contribution >= 0.6 is 34.8 Å². The highest BCUT2D eigenvalue weighted by molar-refractivity contribution is 6.39. The molecule has 1 saturated heterocycles. The van der Waals surface area contributed by atoms with Crippen molar-refractivity contribution in [1.29, 1.82) is 0 Å². The van der Waals surface area contributed by atoms with E-state index in [1.54, 1.807) is 24.7 Å². The monoisotopic (exact) mass is 390 g/mol. The molecule has 130 valence electrons. The third-order valence-electron chi connectivity index (χ3n) is 3.96. The zero-order valence-electron chi connectivity index (χ0n) is 12.8. The number of nitrogens with zero attached hydrogens (tertiary/aromatic N) is 2. The van der Waals surface area contributed by atoms with E-state index in [0.29, 0.717) is 41.1 Å². The van der Waals surface area contributed by atoms with E-state index in [-0.39, 0.29) is 12.7 Å². The lowest BCUT2D eigenvalue weighted by Gasteiger charge is -2.28. The first-order valence-electron chi connectivity index (χ1n) is 7.53. The summed E-state index contributed by atoms with van der Waals surface area (Å²) >= 11 is 18.5. The highest BCUT2D eigenvalue weighted by atomic mass is 35.5. The zero-order chi connectivity index (χ0) is 17.2. The van der Waals surface area contributed by atoms with Crippen LogP contribution in [-0.4, -0.2) is 39.8 Å². The molecule has 2 unspecified atom stereocenters. The highest BCUT2D eigenvalue weighted by Gasteiger charge is 2.41. The Hall–Kier alpha value is -0.820. The molecule has 1 aromatic heterocycles. The maximum Gasteiger partial charge on any atom is 0.187 e. The second-order valence-electron chi connectivity index (χ2n) is 5.73. The molecule has 0 saturated carbocycles. The Kier molecular flexibility index (Phi) is 5.70. The average molecular weight is 392 g/mol. The van der Waals surface area contributed by atoms with Gasteiger partial charge in [-0.3, -0.25) is 0 Å². The van der Waals surface area contributed by atoms with Gasteiger partial charge in [0.15, 0.2) is 5.79 Å². The zero-order valence-corrected chi connectivity index (χ0v) is 15.1. The van der Waals surface area contributed by atoms with Crippen LogP contribution in [0.3, 0.4) is 0 Å². The van der Waals surface area contributed by atoms with Gasteiger partial charge in [0.1, 0.15) is 6.10 Å². The van der Waals surface area contributed by atoms with Gasteiger partial charge < -0.3 is 19.1 Å². The van der Waals surface area contributed by atoms with E-state index < -0.39 is 5.79 Å². The Bertz CT molecular complexity index is 673. The Morgan fingerprint density at radius 3 is 2.62 bits per heavy atom. The van der Waals surface area contributed by atoms with Crippen molar-refractivity contribution in [3.8, 4) is 0 Å². The van der Waals surface area contributed by atoms with Crippen LogP contribution in [-0.2, 0) is 22.4 Å². The Balaban J connectivity index is 1.78. The van der Waals surface area contributed by atoms with Gasteiger partial charge in [-0.05, 0) is 24.1 Å². The van der Waals surface area contributed by atoms with Crippen molar-refractivity contribution in [3.05, 3.63) is 51.5 Å². The highest BCUT2D eigenvalue weighted by Crippen LogP contribution is 2.35. The molecule has 8 heteroatoms. The van der Waals surface area contributed by atoms with E-state index in [1.807, 2.05) is 10.8 Å². The minimum absolute atomic E-state index is 0.0892. The molecular weight excluding hydrogens is 375 g/mol. The number of aliphatic hydroxyl groups is 1. The third kappa shape index (κ3) is 4.04. The fourth-order valence-electron chi connectivity index (χ4n) is 2.78. The normalized spacial score (nSPS) is 23.8. The lowest BCUT2D eigenvalue weighted by molar-refractivity contribution is -0.185. The molecule has 1 fully saturated rings. The fourth-order valence-corrected chi connectivity index (χ4v) is 3.79. The Labute approximate surface area is 155 Å². The van der Waals surface area contributed by atoms with Crippen LogP contribution in [0, 0.1) is 0 Å². The summed E-state index contributed by atoms with van der Waals surface area (Å²) in [6, 6.07) is 3.33. The first kappa shape index (κ1) is 18.0. The van der Waals surface area contributed by atoms with Gasteiger partial charge in [0.05, 0.1) is 26.1 Å². The Morgan fingerprint density at radius 2 is 2.04 bits per heavy atom. The summed E-state index contributed by atoms with van der Waals surface area (Å²) in [6.45, 7) is 0.716. The van der Waals surface area contributed by atoms with E-state index >= 15 is 0 Å².